The molecule has 0 saturated heterocycles. The third-order valence-corrected chi connectivity index (χ3v) is 5.32. The first kappa shape index (κ1) is 17.2. The summed E-state index contributed by atoms with van der Waals surface area (Å²) in [4.78, 5) is 27.1. The Morgan fingerprint density at radius 3 is 2.19 bits per heavy atom. The summed E-state index contributed by atoms with van der Waals surface area (Å²) in [7, 11) is 1.60. The van der Waals surface area contributed by atoms with Gasteiger partial charge in [0.25, 0.3) is 11.8 Å². The Hall–Kier alpha value is -3.26. The molecule has 2 aromatic carbocycles. The third-order valence-electron chi connectivity index (χ3n) is 4.47. The molecule has 0 saturated carbocycles. The molecule has 0 radical (unpaired) electrons. The summed E-state index contributed by atoms with van der Waals surface area (Å²) in [5, 5.41) is 8.77. The molecule has 0 fully saturated rings. The highest BCUT2D eigenvalue weighted by Crippen LogP contribution is 2.35. The minimum atomic E-state index is -0.583. The highest BCUT2D eigenvalue weighted by Gasteiger charge is 2.41. The van der Waals surface area contributed by atoms with Gasteiger partial charge in [0.1, 0.15) is 10.8 Å². The van der Waals surface area contributed by atoms with Crippen molar-refractivity contribution in [2.24, 2.45) is 0 Å². The predicted molar refractivity (Wildman–Crippen MR) is 101 cm³/mol. The van der Waals surface area contributed by atoms with Gasteiger partial charge in [-0.2, -0.15) is 0 Å². The second kappa shape index (κ2) is 6.81. The van der Waals surface area contributed by atoms with Crippen molar-refractivity contribution in [2.75, 3.05) is 12.8 Å². The molecule has 27 heavy (non-hydrogen) atoms. The zero-order valence-electron chi connectivity index (χ0n) is 14.5. The molecule has 2 heterocycles. The molecule has 0 aliphatic carbocycles. The molecule has 2 amide bonds. The second-order valence-electron chi connectivity index (χ2n) is 6.07. The van der Waals surface area contributed by atoms with Gasteiger partial charge in [0.05, 0.1) is 24.3 Å². The SMILES string of the molecule is COc1ccc(C[C@@H](c2nnc(N)s2)N2C(=O)c3ccccc3C2=O)cc1. The fraction of sp³-hybridized carbons (Fsp3) is 0.158. The van der Waals surface area contributed by atoms with Gasteiger partial charge in [-0.15, -0.1) is 10.2 Å². The monoisotopic (exact) mass is 380 g/mol. The number of anilines is 1. The number of carbonyl (C=O) groups excluding carboxylic acids is 2. The van der Waals surface area contributed by atoms with Gasteiger partial charge in [-0.3, -0.25) is 14.5 Å². The van der Waals surface area contributed by atoms with Crippen LogP contribution in [0.15, 0.2) is 48.5 Å². The van der Waals surface area contributed by atoms with Crippen LogP contribution in [-0.2, 0) is 6.42 Å². The summed E-state index contributed by atoms with van der Waals surface area (Å²) >= 11 is 1.18. The smallest absolute Gasteiger partial charge is 0.262 e. The highest BCUT2D eigenvalue weighted by molar-refractivity contribution is 7.15. The summed E-state index contributed by atoms with van der Waals surface area (Å²) in [5.41, 5.74) is 7.48. The first-order chi connectivity index (χ1) is 13.1. The van der Waals surface area contributed by atoms with Crippen molar-refractivity contribution < 1.29 is 14.3 Å². The average Bonchev–Trinajstić information content (AvgIpc) is 3.23. The molecule has 8 heteroatoms. The van der Waals surface area contributed by atoms with Gasteiger partial charge in [-0.25, -0.2) is 0 Å². The number of aromatic nitrogens is 2. The van der Waals surface area contributed by atoms with Crippen molar-refractivity contribution in [2.45, 2.75) is 12.5 Å². The Labute approximate surface area is 159 Å². The minimum Gasteiger partial charge on any atom is -0.497 e. The summed E-state index contributed by atoms with van der Waals surface area (Å²) in [5.74, 6) is 0.0713. The number of hydrogen-bond acceptors (Lipinski definition) is 7. The van der Waals surface area contributed by atoms with E-state index >= 15 is 0 Å². The average molecular weight is 380 g/mol. The van der Waals surface area contributed by atoms with E-state index in [1.54, 1.807) is 31.4 Å². The lowest BCUT2D eigenvalue weighted by Gasteiger charge is -2.24. The number of imide groups is 1. The molecule has 136 valence electrons. The Balaban J connectivity index is 1.72. The zero-order chi connectivity index (χ0) is 19.0. The van der Waals surface area contributed by atoms with E-state index in [4.69, 9.17) is 10.5 Å². The number of methoxy groups -OCH3 is 1. The van der Waals surface area contributed by atoms with Crippen LogP contribution in [0.25, 0.3) is 0 Å². The van der Waals surface area contributed by atoms with Crippen LogP contribution in [0, 0.1) is 0 Å². The van der Waals surface area contributed by atoms with Gasteiger partial charge in [0, 0.05) is 0 Å². The second-order valence-corrected chi connectivity index (χ2v) is 7.11. The van der Waals surface area contributed by atoms with Gasteiger partial charge in [-0.1, -0.05) is 35.6 Å². The molecule has 1 aromatic heterocycles. The maximum atomic E-state index is 12.9. The molecule has 0 bridgehead atoms. The fourth-order valence-corrected chi connectivity index (χ4v) is 3.85. The molecular weight excluding hydrogens is 364 g/mol. The molecule has 3 aromatic rings. The van der Waals surface area contributed by atoms with E-state index in [2.05, 4.69) is 10.2 Å². The number of benzene rings is 2. The van der Waals surface area contributed by atoms with E-state index in [0.29, 0.717) is 27.7 Å². The molecular formula is C19H16N4O3S. The van der Waals surface area contributed by atoms with Gasteiger partial charge in [-0.05, 0) is 36.2 Å². The zero-order valence-corrected chi connectivity index (χ0v) is 15.3. The number of nitrogen functional groups attached to an aromatic ring is 1. The van der Waals surface area contributed by atoms with Gasteiger partial charge >= 0.3 is 0 Å². The van der Waals surface area contributed by atoms with Crippen LogP contribution >= 0.6 is 11.3 Å². The lowest BCUT2D eigenvalue weighted by molar-refractivity contribution is 0.0580. The Morgan fingerprint density at radius 2 is 1.67 bits per heavy atom. The minimum absolute atomic E-state index is 0.293. The van der Waals surface area contributed by atoms with Crippen LogP contribution in [0.4, 0.5) is 5.13 Å². The number of nitrogens with zero attached hydrogens (tertiary/aromatic N) is 3. The number of carbonyl (C=O) groups is 2. The number of fused-ring (bicyclic) bond motifs is 1. The maximum Gasteiger partial charge on any atom is 0.262 e. The lowest BCUT2D eigenvalue weighted by Crippen LogP contribution is -2.35. The maximum absolute atomic E-state index is 12.9. The number of rotatable bonds is 5. The largest absolute Gasteiger partial charge is 0.497 e. The number of hydrogen-bond donors (Lipinski definition) is 1. The molecule has 0 unspecified atom stereocenters. The van der Waals surface area contributed by atoms with E-state index in [9.17, 15) is 9.59 Å². The van der Waals surface area contributed by atoms with Crippen LogP contribution in [0.3, 0.4) is 0 Å². The fourth-order valence-electron chi connectivity index (χ4n) is 3.15. The Kier molecular flexibility index (Phi) is 4.33. The van der Waals surface area contributed by atoms with Crippen molar-refractivity contribution in [3.05, 3.63) is 70.2 Å². The van der Waals surface area contributed by atoms with Crippen molar-refractivity contribution in [1.82, 2.24) is 15.1 Å². The molecule has 1 atom stereocenters. The van der Waals surface area contributed by atoms with Crippen molar-refractivity contribution in [3.8, 4) is 5.75 Å². The van der Waals surface area contributed by atoms with Crippen molar-refractivity contribution >= 4 is 28.3 Å². The van der Waals surface area contributed by atoms with E-state index < -0.39 is 6.04 Å². The summed E-state index contributed by atoms with van der Waals surface area (Å²) in [6, 6.07) is 13.7. The third kappa shape index (κ3) is 3.04. The normalized spacial score (nSPS) is 14.3. The van der Waals surface area contributed by atoms with Crippen LogP contribution in [0.5, 0.6) is 5.75 Å². The summed E-state index contributed by atoms with van der Waals surface area (Å²) < 4.78 is 5.18. The first-order valence-corrected chi connectivity index (χ1v) is 9.09. The number of amides is 2. The van der Waals surface area contributed by atoms with Crippen LogP contribution < -0.4 is 10.5 Å². The topological polar surface area (TPSA) is 98.4 Å². The van der Waals surface area contributed by atoms with Crippen molar-refractivity contribution in [3.63, 3.8) is 0 Å². The number of nitrogens with two attached hydrogens (primary N) is 1. The standard InChI is InChI=1S/C19H16N4O3S/c1-26-12-8-6-11(7-9-12)10-15(16-21-22-19(20)27-16)23-17(24)13-4-2-3-5-14(13)18(23)25/h2-9,15H,10H2,1H3,(H2,20,22)/t15-/m0/s1. The van der Waals surface area contributed by atoms with E-state index in [0.717, 1.165) is 11.3 Å². The quantitative estimate of drug-likeness (QED) is 0.684. The molecule has 7 nitrogen and oxygen atoms in total. The molecule has 0 spiro atoms. The van der Waals surface area contributed by atoms with E-state index in [1.165, 1.54) is 16.2 Å². The Morgan fingerprint density at radius 1 is 1.04 bits per heavy atom. The van der Waals surface area contributed by atoms with Crippen LogP contribution in [0.2, 0.25) is 0 Å². The van der Waals surface area contributed by atoms with E-state index in [1.807, 2.05) is 24.3 Å². The number of ether oxygens (including phenoxy) is 1. The molecule has 1 aliphatic rings. The summed E-state index contributed by atoms with van der Waals surface area (Å²) in [6.45, 7) is 0. The first-order valence-electron chi connectivity index (χ1n) is 8.27. The van der Waals surface area contributed by atoms with Gasteiger partial charge in [0.2, 0.25) is 5.13 Å². The summed E-state index contributed by atoms with van der Waals surface area (Å²) in [6.07, 6.45) is 0.407. The lowest BCUT2D eigenvalue weighted by atomic mass is 10.0. The molecule has 2 N–H and O–H groups in total. The van der Waals surface area contributed by atoms with Crippen molar-refractivity contribution in [1.29, 1.82) is 0 Å². The van der Waals surface area contributed by atoms with Gasteiger partial charge in [0.15, 0.2) is 0 Å². The van der Waals surface area contributed by atoms with E-state index in [-0.39, 0.29) is 11.8 Å². The van der Waals surface area contributed by atoms with Crippen LogP contribution in [-0.4, -0.2) is 34.0 Å². The molecule has 4 rings (SSSR count). The van der Waals surface area contributed by atoms with Crippen LogP contribution in [0.1, 0.15) is 37.3 Å². The molecule has 1 aliphatic heterocycles. The predicted octanol–water partition coefficient (Wildman–Crippen LogP) is 2.71. The Bertz CT molecular complexity index is 981. The highest BCUT2D eigenvalue weighted by atomic mass is 32.1. The van der Waals surface area contributed by atoms with Gasteiger partial charge < -0.3 is 10.5 Å².